The maximum atomic E-state index is 5.86. The van der Waals surface area contributed by atoms with Crippen LogP contribution in [0.25, 0.3) is 0 Å². The van der Waals surface area contributed by atoms with Crippen LogP contribution in [0.1, 0.15) is 5.56 Å². The minimum atomic E-state index is 0.742. The van der Waals surface area contributed by atoms with E-state index in [9.17, 15) is 0 Å². The zero-order valence-corrected chi connectivity index (χ0v) is 14.6. The maximum absolute atomic E-state index is 5.86. The molecule has 0 amide bonds. The Labute approximate surface area is 144 Å². The smallest absolute Gasteiger partial charge is 0.119 e. The molecule has 0 N–H and O–H groups in total. The van der Waals surface area contributed by atoms with Gasteiger partial charge in [-0.15, -0.1) is 0 Å². The Hall–Kier alpha value is -2.20. The third-order valence-corrected chi connectivity index (χ3v) is 4.48. The summed E-state index contributed by atoms with van der Waals surface area (Å²) in [6.07, 6.45) is 0. The number of ether oxygens (including phenoxy) is 2. The summed E-state index contributed by atoms with van der Waals surface area (Å²) in [5, 5.41) is 0. The average molecular weight is 326 g/mol. The number of methoxy groups -OCH3 is 1. The first-order valence-corrected chi connectivity index (χ1v) is 8.55. The largest absolute Gasteiger partial charge is 0.497 e. The lowest BCUT2D eigenvalue weighted by Crippen LogP contribution is -2.47. The van der Waals surface area contributed by atoms with Crippen LogP contribution >= 0.6 is 0 Å². The molecule has 0 radical (unpaired) electrons. The first-order chi connectivity index (χ1) is 11.7. The number of anilines is 1. The fraction of sp³-hybridized carbons (Fsp3) is 0.400. The molecular formula is C20H26N2O2. The first kappa shape index (κ1) is 16.7. The second-order valence-corrected chi connectivity index (χ2v) is 6.19. The fourth-order valence-electron chi connectivity index (χ4n) is 3.02. The van der Waals surface area contributed by atoms with Crippen molar-refractivity contribution in [2.24, 2.45) is 0 Å². The minimum Gasteiger partial charge on any atom is -0.497 e. The van der Waals surface area contributed by atoms with Gasteiger partial charge in [0.05, 0.1) is 7.11 Å². The van der Waals surface area contributed by atoms with Gasteiger partial charge in [0.2, 0.25) is 0 Å². The molecule has 1 aliphatic heterocycles. The third kappa shape index (κ3) is 4.42. The van der Waals surface area contributed by atoms with Gasteiger partial charge in [-0.1, -0.05) is 12.1 Å². The van der Waals surface area contributed by atoms with Gasteiger partial charge in [0.1, 0.15) is 18.1 Å². The van der Waals surface area contributed by atoms with Gasteiger partial charge in [0, 0.05) is 38.4 Å². The molecule has 0 aliphatic carbocycles. The van der Waals surface area contributed by atoms with Gasteiger partial charge in [-0.25, -0.2) is 0 Å². The maximum Gasteiger partial charge on any atom is 0.119 e. The highest BCUT2D eigenvalue weighted by atomic mass is 16.5. The van der Waals surface area contributed by atoms with Gasteiger partial charge in [0.25, 0.3) is 0 Å². The van der Waals surface area contributed by atoms with E-state index in [4.69, 9.17) is 9.47 Å². The van der Waals surface area contributed by atoms with Crippen molar-refractivity contribution in [1.29, 1.82) is 0 Å². The van der Waals surface area contributed by atoms with Crippen molar-refractivity contribution < 1.29 is 9.47 Å². The molecule has 1 heterocycles. The molecule has 2 aromatic carbocycles. The first-order valence-electron chi connectivity index (χ1n) is 8.55. The average Bonchev–Trinajstić information content (AvgIpc) is 2.63. The summed E-state index contributed by atoms with van der Waals surface area (Å²) >= 11 is 0. The van der Waals surface area contributed by atoms with Crippen molar-refractivity contribution in [2.75, 3.05) is 51.3 Å². The Morgan fingerprint density at radius 3 is 2.33 bits per heavy atom. The van der Waals surface area contributed by atoms with Crippen LogP contribution in [-0.4, -0.2) is 51.3 Å². The zero-order chi connectivity index (χ0) is 16.8. The predicted molar refractivity (Wildman–Crippen MR) is 98.3 cm³/mol. The molecule has 0 aromatic heterocycles. The van der Waals surface area contributed by atoms with Gasteiger partial charge >= 0.3 is 0 Å². The van der Waals surface area contributed by atoms with E-state index >= 15 is 0 Å². The van der Waals surface area contributed by atoms with Crippen LogP contribution in [0, 0.1) is 6.92 Å². The van der Waals surface area contributed by atoms with Crippen molar-refractivity contribution in [2.45, 2.75) is 6.92 Å². The summed E-state index contributed by atoms with van der Waals surface area (Å²) in [6.45, 7) is 8.06. The number of nitrogens with zero attached hydrogens (tertiary/aromatic N) is 2. The van der Waals surface area contributed by atoms with Crippen LogP contribution in [0.2, 0.25) is 0 Å². The Balaban J connectivity index is 1.41. The minimum absolute atomic E-state index is 0.742. The van der Waals surface area contributed by atoms with Crippen molar-refractivity contribution in [3.63, 3.8) is 0 Å². The molecule has 0 saturated carbocycles. The summed E-state index contributed by atoms with van der Waals surface area (Å²) in [5.74, 6) is 1.87. The highest BCUT2D eigenvalue weighted by Crippen LogP contribution is 2.20. The normalized spacial score (nSPS) is 15.3. The number of benzene rings is 2. The summed E-state index contributed by atoms with van der Waals surface area (Å²) in [6, 6.07) is 16.6. The molecule has 4 nitrogen and oxygen atoms in total. The molecule has 2 aromatic rings. The van der Waals surface area contributed by atoms with E-state index in [-0.39, 0.29) is 0 Å². The van der Waals surface area contributed by atoms with E-state index in [1.54, 1.807) is 7.11 Å². The monoisotopic (exact) mass is 326 g/mol. The topological polar surface area (TPSA) is 24.9 Å². The van der Waals surface area contributed by atoms with Crippen molar-refractivity contribution >= 4 is 5.69 Å². The summed E-state index contributed by atoms with van der Waals surface area (Å²) in [7, 11) is 1.70. The van der Waals surface area contributed by atoms with E-state index in [1.807, 2.05) is 24.3 Å². The number of aryl methyl sites for hydroxylation is 1. The van der Waals surface area contributed by atoms with Crippen LogP contribution in [0.4, 0.5) is 5.69 Å². The third-order valence-electron chi connectivity index (χ3n) is 4.48. The lowest BCUT2D eigenvalue weighted by atomic mass is 10.2. The second kappa shape index (κ2) is 8.06. The molecule has 1 saturated heterocycles. The molecule has 4 heteroatoms. The lowest BCUT2D eigenvalue weighted by molar-refractivity contribution is 0.200. The zero-order valence-electron chi connectivity index (χ0n) is 14.6. The number of rotatable bonds is 6. The molecule has 0 atom stereocenters. The van der Waals surface area contributed by atoms with Crippen LogP contribution in [0.3, 0.4) is 0 Å². The molecule has 128 valence electrons. The number of piperazine rings is 1. The van der Waals surface area contributed by atoms with E-state index in [0.717, 1.165) is 50.8 Å². The van der Waals surface area contributed by atoms with Gasteiger partial charge < -0.3 is 14.4 Å². The van der Waals surface area contributed by atoms with Gasteiger partial charge in [-0.3, -0.25) is 4.90 Å². The predicted octanol–water partition coefficient (Wildman–Crippen LogP) is 3.20. The summed E-state index contributed by atoms with van der Waals surface area (Å²) in [5.41, 5.74) is 2.51. The van der Waals surface area contributed by atoms with Gasteiger partial charge in [-0.05, 0) is 48.9 Å². The Kier molecular flexibility index (Phi) is 5.59. The van der Waals surface area contributed by atoms with Gasteiger partial charge in [0.15, 0.2) is 0 Å². The van der Waals surface area contributed by atoms with Crippen LogP contribution in [0.15, 0.2) is 48.5 Å². The Bertz CT molecular complexity index is 634. The second-order valence-electron chi connectivity index (χ2n) is 6.19. The van der Waals surface area contributed by atoms with E-state index in [2.05, 4.69) is 41.0 Å². The van der Waals surface area contributed by atoms with Crippen LogP contribution in [0.5, 0.6) is 11.5 Å². The highest BCUT2D eigenvalue weighted by molar-refractivity contribution is 5.49. The molecular weight excluding hydrogens is 300 g/mol. The van der Waals surface area contributed by atoms with E-state index in [1.165, 1.54) is 11.3 Å². The summed E-state index contributed by atoms with van der Waals surface area (Å²) < 4.78 is 11.1. The van der Waals surface area contributed by atoms with Crippen molar-refractivity contribution in [3.05, 3.63) is 54.1 Å². The highest BCUT2D eigenvalue weighted by Gasteiger charge is 2.17. The fourth-order valence-corrected chi connectivity index (χ4v) is 3.02. The molecule has 0 spiro atoms. The Morgan fingerprint density at radius 1 is 0.917 bits per heavy atom. The van der Waals surface area contributed by atoms with Gasteiger partial charge in [-0.2, -0.15) is 0 Å². The Morgan fingerprint density at radius 2 is 1.67 bits per heavy atom. The molecule has 0 bridgehead atoms. The molecule has 1 fully saturated rings. The van der Waals surface area contributed by atoms with E-state index < -0.39 is 0 Å². The number of hydrogen-bond donors (Lipinski definition) is 0. The van der Waals surface area contributed by atoms with Crippen LogP contribution in [-0.2, 0) is 0 Å². The van der Waals surface area contributed by atoms with Crippen molar-refractivity contribution in [3.8, 4) is 11.5 Å². The van der Waals surface area contributed by atoms with Crippen LogP contribution < -0.4 is 14.4 Å². The molecule has 24 heavy (non-hydrogen) atoms. The lowest BCUT2D eigenvalue weighted by Gasteiger charge is -2.36. The van der Waals surface area contributed by atoms with E-state index in [0.29, 0.717) is 0 Å². The molecule has 0 unspecified atom stereocenters. The van der Waals surface area contributed by atoms with Crippen molar-refractivity contribution in [1.82, 2.24) is 4.90 Å². The SMILES string of the molecule is COc1ccc(N2CCN(CCOc3cccc(C)c3)CC2)cc1. The quantitative estimate of drug-likeness (QED) is 0.814. The molecule has 1 aliphatic rings. The number of hydrogen-bond acceptors (Lipinski definition) is 4. The summed E-state index contributed by atoms with van der Waals surface area (Å²) in [4.78, 5) is 4.90. The molecule has 3 rings (SSSR count). The standard InChI is InChI=1S/C20H26N2O2/c1-17-4-3-5-20(16-17)24-15-14-21-10-12-22(13-11-21)18-6-8-19(23-2)9-7-18/h3-9,16H,10-15H2,1-2H3.